The first-order chi connectivity index (χ1) is 9.22. The van der Waals surface area contributed by atoms with Gasteiger partial charge in [0.2, 0.25) is 5.95 Å². The molecule has 0 aliphatic heterocycles. The Morgan fingerprint density at radius 1 is 1.21 bits per heavy atom. The summed E-state index contributed by atoms with van der Waals surface area (Å²) in [5.41, 5.74) is 1.98. The molecule has 2 aromatic heterocycles. The molecule has 6 heteroatoms. The number of nitrogens with zero attached hydrogens (tertiary/aromatic N) is 4. The van der Waals surface area contributed by atoms with Crippen molar-refractivity contribution in [1.29, 1.82) is 0 Å². The molecule has 0 fully saturated rings. The third-order valence-electron chi connectivity index (χ3n) is 2.69. The first-order valence-corrected chi connectivity index (χ1v) is 6.28. The molecule has 0 saturated heterocycles. The fourth-order valence-electron chi connectivity index (χ4n) is 1.79. The average molecular weight is 274 g/mol. The van der Waals surface area contributed by atoms with Crippen LogP contribution in [0.5, 0.6) is 0 Å². The van der Waals surface area contributed by atoms with Crippen molar-refractivity contribution in [3.8, 4) is 0 Å². The van der Waals surface area contributed by atoms with E-state index in [0.29, 0.717) is 23.4 Å². The van der Waals surface area contributed by atoms with E-state index < -0.39 is 0 Å². The molecule has 0 unspecified atom stereocenters. The molecule has 96 valence electrons. The molecule has 2 heterocycles. The van der Waals surface area contributed by atoms with Crippen LogP contribution in [0.1, 0.15) is 11.3 Å². The number of nitrogens with one attached hydrogen (secondary N) is 1. The highest BCUT2D eigenvalue weighted by Crippen LogP contribution is 2.13. The molecule has 0 atom stereocenters. The number of aryl methyl sites for hydroxylation is 1. The number of hydrogen-bond acceptors (Lipinski definition) is 4. The molecule has 0 spiro atoms. The summed E-state index contributed by atoms with van der Waals surface area (Å²) in [5.74, 6) is 1.02. The summed E-state index contributed by atoms with van der Waals surface area (Å²) in [4.78, 5) is 8.57. The van der Waals surface area contributed by atoms with Crippen LogP contribution in [0.15, 0.2) is 36.4 Å². The van der Waals surface area contributed by atoms with Gasteiger partial charge in [0.15, 0.2) is 0 Å². The van der Waals surface area contributed by atoms with Crippen LogP contribution in [0.4, 0.5) is 5.95 Å². The van der Waals surface area contributed by atoms with E-state index in [1.54, 1.807) is 6.07 Å². The van der Waals surface area contributed by atoms with Gasteiger partial charge in [-0.25, -0.2) is 4.98 Å². The van der Waals surface area contributed by atoms with Gasteiger partial charge in [-0.15, -0.1) is 5.10 Å². The Kier molecular flexibility index (Phi) is 3.05. The van der Waals surface area contributed by atoms with Gasteiger partial charge >= 0.3 is 0 Å². The van der Waals surface area contributed by atoms with Crippen molar-refractivity contribution in [3.05, 3.63) is 52.8 Å². The summed E-state index contributed by atoms with van der Waals surface area (Å²) in [7, 11) is 0. The molecule has 1 aromatic carbocycles. The van der Waals surface area contributed by atoms with E-state index in [-0.39, 0.29) is 0 Å². The number of rotatable bonds is 3. The number of hydrogen-bond donors (Lipinski definition) is 1. The fraction of sp³-hybridized carbons (Fsp3) is 0.154. The number of halogens is 1. The monoisotopic (exact) mass is 273 g/mol. The highest BCUT2D eigenvalue weighted by molar-refractivity contribution is 6.29. The number of anilines is 1. The van der Waals surface area contributed by atoms with Crippen molar-refractivity contribution < 1.29 is 0 Å². The molecule has 5 nitrogen and oxygen atoms in total. The van der Waals surface area contributed by atoms with Crippen molar-refractivity contribution >= 4 is 23.3 Å². The standard InChI is InChI=1S/C13H12ClN5/c1-9-7-11(14)19-13(16-9)17-12(18-19)15-8-10-5-3-2-4-6-10/h2-7H,8H2,1H3,(H,15,18). The molecule has 0 aliphatic rings. The molecule has 3 aromatic rings. The lowest BCUT2D eigenvalue weighted by Crippen LogP contribution is -2.01. The van der Waals surface area contributed by atoms with Crippen LogP contribution in [-0.2, 0) is 6.54 Å². The molecule has 3 rings (SSSR count). The van der Waals surface area contributed by atoms with Crippen molar-refractivity contribution in [2.75, 3.05) is 5.32 Å². The molecule has 0 saturated carbocycles. The lowest BCUT2D eigenvalue weighted by Gasteiger charge is -2.00. The number of aromatic nitrogens is 4. The second kappa shape index (κ2) is 4.85. The zero-order chi connectivity index (χ0) is 13.2. The topological polar surface area (TPSA) is 55.1 Å². The van der Waals surface area contributed by atoms with E-state index >= 15 is 0 Å². The molecule has 19 heavy (non-hydrogen) atoms. The maximum atomic E-state index is 6.09. The Hall–Kier alpha value is -2.14. The summed E-state index contributed by atoms with van der Waals surface area (Å²) in [5, 5.41) is 7.93. The quantitative estimate of drug-likeness (QED) is 0.746. The second-order valence-electron chi connectivity index (χ2n) is 4.21. The minimum Gasteiger partial charge on any atom is -0.349 e. The molecule has 0 bridgehead atoms. The normalized spacial score (nSPS) is 10.8. The lowest BCUT2D eigenvalue weighted by molar-refractivity contribution is 0.924. The first kappa shape index (κ1) is 11.9. The predicted octanol–water partition coefficient (Wildman–Crippen LogP) is 2.70. The molecular weight excluding hydrogens is 262 g/mol. The Balaban J connectivity index is 1.84. The zero-order valence-electron chi connectivity index (χ0n) is 10.3. The second-order valence-corrected chi connectivity index (χ2v) is 4.59. The summed E-state index contributed by atoms with van der Waals surface area (Å²) < 4.78 is 1.52. The molecular formula is C13H12ClN5. The Morgan fingerprint density at radius 3 is 2.79 bits per heavy atom. The minimum atomic E-state index is 0.501. The maximum Gasteiger partial charge on any atom is 0.255 e. The third kappa shape index (κ3) is 2.51. The minimum absolute atomic E-state index is 0.501. The molecule has 0 radical (unpaired) electrons. The van der Waals surface area contributed by atoms with E-state index in [1.807, 2.05) is 37.3 Å². The Morgan fingerprint density at radius 2 is 2.00 bits per heavy atom. The van der Waals surface area contributed by atoms with Crippen LogP contribution >= 0.6 is 11.6 Å². The highest BCUT2D eigenvalue weighted by atomic mass is 35.5. The lowest BCUT2D eigenvalue weighted by atomic mass is 10.2. The fourth-order valence-corrected chi connectivity index (χ4v) is 2.07. The third-order valence-corrected chi connectivity index (χ3v) is 2.96. The van der Waals surface area contributed by atoms with Gasteiger partial charge < -0.3 is 5.32 Å². The van der Waals surface area contributed by atoms with Crippen LogP contribution in [-0.4, -0.2) is 19.6 Å². The number of fused-ring (bicyclic) bond motifs is 1. The highest BCUT2D eigenvalue weighted by Gasteiger charge is 2.08. The van der Waals surface area contributed by atoms with Crippen LogP contribution in [0.25, 0.3) is 5.78 Å². The van der Waals surface area contributed by atoms with E-state index in [1.165, 1.54) is 4.52 Å². The first-order valence-electron chi connectivity index (χ1n) is 5.90. The van der Waals surface area contributed by atoms with Crippen molar-refractivity contribution in [3.63, 3.8) is 0 Å². The Labute approximate surface area is 115 Å². The average Bonchev–Trinajstić information content (AvgIpc) is 2.81. The van der Waals surface area contributed by atoms with E-state index in [0.717, 1.165) is 11.3 Å². The van der Waals surface area contributed by atoms with Gasteiger partial charge in [-0.2, -0.15) is 9.50 Å². The van der Waals surface area contributed by atoms with Crippen LogP contribution in [0, 0.1) is 6.92 Å². The largest absolute Gasteiger partial charge is 0.349 e. The summed E-state index contributed by atoms with van der Waals surface area (Å²) >= 11 is 6.09. The molecule has 0 aliphatic carbocycles. The summed E-state index contributed by atoms with van der Waals surface area (Å²) in [6.07, 6.45) is 0. The smallest absolute Gasteiger partial charge is 0.255 e. The van der Waals surface area contributed by atoms with Gasteiger partial charge in [-0.05, 0) is 18.6 Å². The van der Waals surface area contributed by atoms with Gasteiger partial charge in [0.05, 0.1) is 0 Å². The van der Waals surface area contributed by atoms with Gasteiger partial charge in [0.25, 0.3) is 5.78 Å². The zero-order valence-corrected chi connectivity index (χ0v) is 11.1. The van der Waals surface area contributed by atoms with Crippen molar-refractivity contribution in [2.24, 2.45) is 0 Å². The predicted molar refractivity (Wildman–Crippen MR) is 74.3 cm³/mol. The van der Waals surface area contributed by atoms with Gasteiger partial charge in [-0.1, -0.05) is 41.9 Å². The maximum absolute atomic E-state index is 6.09. The van der Waals surface area contributed by atoms with Crippen LogP contribution in [0.3, 0.4) is 0 Å². The molecule has 1 N–H and O–H groups in total. The number of benzene rings is 1. The van der Waals surface area contributed by atoms with Gasteiger partial charge in [-0.3, -0.25) is 0 Å². The van der Waals surface area contributed by atoms with Crippen LogP contribution < -0.4 is 5.32 Å². The Bertz CT molecular complexity index is 708. The van der Waals surface area contributed by atoms with Crippen molar-refractivity contribution in [1.82, 2.24) is 19.6 Å². The van der Waals surface area contributed by atoms with Gasteiger partial charge in [0.1, 0.15) is 5.15 Å². The van der Waals surface area contributed by atoms with Crippen LogP contribution in [0.2, 0.25) is 5.15 Å². The van der Waals surface area contributed by atoms with Gasteiger partial charge in [0, 0.05) is 12.2 Å². The van der Waals surface area contributed by atoms with Crippen molar-refractivity contribution in [2.45, 2.75) is 13.5 Å². The van der Waals surface area contributed by atoms with E-state index in [2.05, 4.69) is 20.4 Å². The summed E-state index contributed by atoms with van der Waals surface area (Å²) in [6.45, 7) is 2.53. The van der Waals surface area contributed by atoms with E-state index in [9.17, 15) is 0 Å². The SMILES string of the molecule is Cc1cc(Cl)n2nc(NCc3ccccc3)nc2n1. The van der Waals surface area contributed by atoms with E-state index in [4.69, 9.17) is 11.6 Å². The molecule has 0 amide bonds. The summed E-state index contributed by atoms with van der Waals surface area (Å²) in [6, 6.07) is 11.8.